The number of carbonyl (C=O) groups excluding carboxylic acids is 6. The second-order valence-corrected chi connectivity index (χ2v) is 18.5. The second kappa shape index (κ2) is 23.3. The van der Waals surface area contributed by atoms with Crippen molar-refractivity contribution >= 4 is 47.2 Å². The quantitative estimate of drug-likeness (QED) is 0.0233. The number of carbonyl (C=O) groups is 6. The van der Waals surface area contributed by atoms with E-state index in [9.17, 15) is 34.7 Å². The highest BCUT2D eigenvalue weighted by Crippen LogP contribution is 2.66. The molecule has 19 nitrogen and oxygen atoms in total. The monoisotopic (exact) mass is 1060 g/mol. The van der Waals surface area contributed by atoms with Gasteiger partial charge in [0.15, 0.2) is 5.92 Å². The molecule has 0 aromatic heterocycles. The Morgan fingerprint density at radius 3 is 2.08 bits per heavy atom. The molecule has 0 bridgehead atoms. The Hall–Kier alpha value is -9.22. The van der Waals surface area contributed by atoms with E-state index in [0.717, 1.165) is 19.1 Å². The number of nitro groups is 1. The molecule has 6 aromatic rings. The van der Waals surface area contributed by atoms with Crippen molar-refractivity contribution in [1.29, 1.82) is 0 Å². The average Bonchev–Trinajstić information content (AvgIpc) is 4.13. The molecule has 0 radical (unpaired) electrons. The summed E-state index contributed by atoms with van der Waals surface area (Å²) in [4.78, 5) is 102. The Labute approximate surface area is 447 Å². The molecule has 2 fully saturated rings. The molecule has 0 saturated carbocycles. The number of methoxy groups -OCH3 is 2. The number of esters is 3. The zero-order valence-corrected chi connectivity index (χ0v) is 42.1. The number of ether oxygens (including phenoxy) is 5. The Morgan fingerprint density at radius 1 is 0.795 bits per heavy atom. The fourth-order valence-electron chi connectivity index (χ4n) is 10.7. The van der Waals surface area contributed by atoms with E-state index in [1.165, 1.54) is 42.5 Å². The number of fused-ring (bicyclic) bond motifs is 3. The van der Waals surface area contributed by atoms with Crippen LogP contribution in [-0.2, 0) is 54.9 Å². The molecule has 0 aliphatic carbocycles. The van der Waals surface area contributed by atoms with Gasteiger partial charge < -0.3 is 39.2 Å². The third-order valence-corrected chi connectivity index (χ3v) is 14.1. The summed E-state index contributed by atoms with van der Waals surface area (Å²) in [5.41, 5.74) is -0.0765. The smallest absolute Gasteiger partial charge is 0.421 e. The van der Waals surface area contributed by atoms with Crippen LogP contribution in [-0.4, -0.2) is 95.9 Å². The van der Waals surface area contributed by atoms with Gasteiger partial charge in [-0.3, -0.25) is 39.0 Å². The van der Waals surface area contributed by atoms with Gasteiger partial charge in [0.1, 0.15) is 36.5 Å². The molecule has 398 valence electrons. The van der Waals surface area contributed by atoms with Crippen molar-refractivity contribution in [3.63, 3.8) is 0 Å². The summed E-state index contributed by atoms with van der Waals surface area (Å²) < 4.78 is 28.1. The van der Waals surface area contributed by atoms with E-state index in [4.69, 9.17) is 23.7 Å². The predicted octanol–water partition coefficient (Wildman–Crippen LogP) is 6.52. The van der Waals surface area contributed by atoms with Crippen molar-refractivity contribution < 1.29 is 67.6 Å². The molecule has 3 N–H and O–H groups in total. The molecule has 2 saturated heterocycles. The highest BCUT2D eigenvalue weighted by Gasteiger charge is 2.76. The van der Waals surface area contributed by atoms with Crippen LogP contribution < -0.4 is 15.0 Å². The van der Waals surface area contributed by atoms with Crippen LogP contribution in [0.25, 0.3) is 0 Å². The molecular formula is C59H52N4O15. The van der Waals surface area contributed by atoms with Gasteiger partial charge in [-0.1, -0.05) is 115 Å². The minimum absolute atomic E-state index is 0.0322. The van der Waals surface area contributed by atoms with Crippen LogP contribution in [0.1, 0.15) is 69.7 Å². The number of imide groups is 1. The molecule has 7 atom stereocenters. The van der Waals surface area contributed by atoms with Crippen molar-refractivity contribution in [2.24, 2.45) is 11.8 Å². The first kappa shape index (κ1) is 53.6. The van der Waals surface area contributed by atoms with Crippen LogP contribution in [0.2, 0.25) is 0 Å². The normalized spacial score (nSPS) is 20.6. The molecule has 3 amide bonds. The summed E-state index contributed by atoms with van der Waals surface area (Å²) in [6.45, 7) is -1.33. The van der Waals surface area contributed by atoms with Gasteiger partial charge in [0, 0.05) is 30.7 Å². The van der Waals surface area contributed by atoms with Crippen molar-refractivity contribution in [2.45, 2.75) is 48.8 Å². The molecule has 0 unspecified atom stereocenters. The van der Waals surface area contributed by atoms with E-state index >= 15 is 14.4 Å². The van der Waals surface area contributed by atoms with Crippen LogP contribution in [0, 0.1) is 33.8 Å². The van der Waals surface area contributed by atoms with Crippen LogP contribution in [0.3, 0.4) is 0 Å². The first-order valence-electron chi connectivity index (χ1n) is 24.8. The molecule has 78 heavy (non-hydrogen) atoms. The van der Waals surface area contributed by atoms with Crippen LogP contribution in [0.4, 0.5) is 16.2 Å². The zero-order valence-electron chi connectivity index (χ0n) is 42.1. The number of rotatable bonds is 16. The van der Waals surface area contributed by atoms with Crippen molar-refractivity contribution in [2.75, 3.05) is 38.9 Å². The van der Waals surface area contributed by atoms with Gasteiger partial charge >= 0.3 is 24.0 Å². The minimum atomic E-state index is -2.33. The van der Waals surface area contributed by atoms with Gasteiger partial charge in [0.25, 0.3) is 5.69 Å². The maximum atomic E-state index is 16.7. The SMILES string of the molecule is COC(=O)C(CC#Cc1ccc2c(c1)[C@]1(C(=O)N2C(=O)OCc2ccc([N+](=O)[O-])cc2)[C@H](C(=O)NC[C@H](O)c2ccccc2)[C@H]2C(=O)O[C@H](c3ccccc3)[C@H](c3ccccc3)N2[C@@H]1c1cccc(OCCO)c1)C(=O)OC. The molecule has 9 rings (SSSR count). The van der Waals surface area contributed by atoms with E-state index in [1.807, 2.05) is 18.2 Å². The van der Waals surface area contributed by atoms with E-state index < -0.39 is 101 Å². The first-order valence-corrected chi connectivity index (χ1v) is 24.8. The summed E-state index contributed by atoms with van der Waals surface area (Å²) in [6, 6.07) is 38.9. The number of anilines is 1. The number of cyclic esters (lactones) is 1. The van der Waals surface area contributed by atoms with Gasteiger partial charge in [0.2, 0.25) is 11.8 Å². The number of non-ortho nitro benzene ring substituents is 1. The third-order valence-electron chi connectivity index (χ3n) is 14.1. The Kier molecular flexibility index (Phi) is 16.0. The summed E-state index contributed by atoms with van der Waals surface area (Å²) in [5.74, 6) is -1.73. The average molecular weight is 1060 g/mol. The molecule has 3 aliphatic rings. The number of hydrogen-bond acceptors (Lipinski definition) is 16. The Morgan fingerprint density at radius 2 is 1.44 bits per heavy atom. The van der Waals surface area contributed by atoms with E-state index in [-0.39, 0.29) is 47.9 Å². The lowest BCUT2D eigenvalue weighted by molar-refractivity contribution is -0.384. The second-order valence-electron chi connectivity index (χ2n) is 18.5. The lowest BCUT2D eigenvalue weighted by atomic mass is 9.65. The largest absolute Gasteiger partial charge is 0.491 e. The number of aliphatic hydroxyl groups is 2. The van der Waals surface area contributed by atoms with Crippen LogP contribution in [0.15, 0.2) is 158 Å². The Bertz CT molecular complexity index is 3280. The summed E-state index contributed by atoms with van der Waals surface area (Å²) in [5, 5.41) is 35.7. The highest BCUT2D eigenvalue weighted by molar-refractivity contribution is 6.23. The van der Waals surface area contributed by atoms with Crippen LogP contribution in [0.5, 0.6) is 5.75 Å². The third kappa shape index (κ3) is 10.3. The Balaban J connectivity index is 1.31. The number of nitrogens with zero attached hydrogens (tertiary/aromatic N) is 3. The topological polar surface area (TPSA) is 251 Å². The number of benzene rings is 6. The van der Waals surface area contributed by atoms with Gasteiger partial charge in [-0.15, -0.1) is 0 Å². The van der Waals surface area contributed by atoms with E-state index in [1.54, 1.807) is 102 Å². The van der Waals surface area contributed by atoms with Crippen molar-refractivity contribution in [3.05, 3.63) is 207 Å². The molecule has 3 heterocycles. The number of nitrogens with one attached hydrogen (secondary N) is 1. The van der Waals surface area contributed by atoms with Gasteiger partial charge in [-0.2, -0.15) is 0 Å². The van der Waals surface area contributed by atoms with Gasteiger partial charge in [0.05, 0.1) is 55.5 Å². The number of morpholine rings is 1. The van der Waals surface area contributed by atoms with Crippen LogP contribution >= 0.6 is 0 Å². The van der Waals surface area contributed by atoms with Crippen molar-refractivity contribution in [1.82, 2.24) is 10.2 Å². The highest BCUT2D eigenvalue weighted by atomic mass is 16.6. The summed E-state index contributed by atoms with van der Waals surface area (Å²) in [7, 11) is 2.22. The zero-order chi connectivity index (χ0) is 55.1. The molecule has 1 spiro atoms. The first-order chi connectivity index (χ1) is 37.8. The summed E-state index contributed by atoms with van der Waals surface area (Å²) in [6.07, 6.45) is -3.90. The lowest BCUT2D eigenvalue weighted by Gasteiger charge is -2.46. The molecule has 6 aromatic carbocycles. The minimum Gasteiger partial charge on any atom is -0.491 e. The van der Waals surface area contributed by atoms with Crippen molar-refractivity contribution in [3.8, 4) is 17.6 Å². The van der Waals surface area contributed by atoms with Gasteiger partial charge in [-0.05, 0) is 75.8 Å². The van der Waals surface area contributed by atoms with E-state index in [0.29, 0.717) is 27.8 Å². The fourth-order valence-corrected chi connectivity index (χ4v) is 10.7. The predicted molar refractivity (Wildman–Crippen MR) is 278 cm³/mol. The number of aliphatic hydroxyl groups excluding tert-OH is 2. The molecule has 3 aliphatic heterocycles. The standard InChI is InChI=1S/C59H52N4O15/c1-74-54(67)44(55(68)75-2)23-12-14-36-26-29-46-45(32-36)59(57(70)61(46)58(71)77-35-37-24-27-42(28-25-37)63(72)73)48(53(66)60-34-47(65)38-15-6-3-7-16-38)50-56(69)78-51(40-19-10-5-11-20-40)49(39-17-8-4-9-18-39)62(50)52(59)41-21-13-22-43(33-41)76-31-30-64/h3-11,13,15-22,24-29,32-33,44,47-52,64-65H,23,30-31,34-35H2,1-2H3,(H,60,66)/t47-,48-,49-,50-,51+,52+,59-/m0/s1. The maximum absolute atomic E-state index is 16.7. The van der Waals surface area contributed by atoms with E-state index in [2.05, 4.69) is 17.2 Å². The molecular weight excluding hydrogens is 1000 g/mol. The fraction of sp³-hybridized carbons (Fsp3) is 0.254. The summed E-state index contributed by atoms with van der Waals surface area (Å²) >= 11 is 0. The maximum Gasteiger partial charge on any atom is 0.421 e. The van der Waals surface area contributed by atoms with Gasteiger partial charge in [-0.25, -0.2) is 9.69 Å². The number of nitro benzene ring substituents is 1. The number of hydrogen-bond donors (Lipinski definition) is 3. The molecule has 19 heteroatoms. The number of amides is 3. The lowest BCUT2D eigenvalue weighted by Crippen LogP contribution is -2.56.